The minimum Gasteiger partial charge on any atom is -0.399 e. The lowest BCUT2D eigenvalue weighted by atomic mass is 10.2. The van der Waals surface area contributed by atoms with Crippen LogP contribution in [0.15, 0.2) is 24.5 Å². The number of rotatable bonds is 2. The summed E-state index contributed by atoms with van der Waals surface area (Å²) in [6.07, 6.45) is 1.19. The molecule has 0 radical (unpaired) electrons. The van der Waals surface area contributed by atoms with E-state index in [4.69, 9.17) is 40.5 Å². The van der Waals surface area contributed by atoms with Gasteiger partial charge in [-0.3, -0.25) is 4.79 Å². The molecule has 5 nitrogen and oxygen atoms in total. The van der Waals surface area contributed by atoms with Crippen molar-refractivity contribution in [1.29, 1.82) is 0 Å². The second kappa shape index (κ2) is 5.61. The molecule has 0 aliphatic carbocycles. The maximum atomic E-state index is 12.0. The van der Waals surface area contributed by atoms with E-state index in [1.54, 1.807) is 0 Å². The maximum Gasteiger partial charge on any atom is 0.255 e. The van der Waals surface area contributed by atoms with E-state index in [0.29, 0.717) is 10.7 Å². The van der Waals surface area contributed by atoms with E-state index in [1.807, 2.05) is 0 Å². The Bertz CT molecular complexity index is 607. The highest BCUT2D eigenvalue weighted by molar-refractivity contribution is 6.38. The largest absolute Gasteiger partial charge is 0.399 e. The number of hydrogen-bond donors (Lipinski definition) is 2. The minimum atomic E-state index is -0.465. The first-order chi connectivity index (χ1) is 8.97. The topological polar surface area (TPSA) is 80.9 Å². The van der Waals surface area contributed by atoms with Crippen LogP contribution in [0, 0.1) is 0 Å². The number of nitrogens with zero attached hydrogens (tertiary/aromatic N) is 2. The van der Waals surface area contributed by atoms with E-state index < -0.39 is 5.91 Å². The van der Waals surface area contributed by atoms with Crippen molar-refractivity contribution in [2.24, 2.45) is 0 Å². The molecule has 0 saturated heterocycles. The quantitative estimate of drug-likeness (QED) is 0.658. The number of aromatic nitrogens is 2. The summed E-state index contributed by atoms with van der Waals surface area (Å²) in [4.78, 5) is 19.5. The normalized spacial score (nSPS) is 10.3. The van der Waals surface area contributed by atoms with Crippen LogP contribution in [0.4, 0.5) is 11.4 Å². The zero-order chi connectivity index (χ0) is 14.0. The van der Waals surface area contributed by atoms with Gasteiger partial charge in [0.2, 0.25) is 0 Å². The molecule has 0 saturated carbocycles. The minimum absolute atomic E-state index is 0.0448. The van der Waals surface area contributed by atoms with Gasteiger partial charge in [0.25, 0.3) is 5.91 Å². The van der Waals surface area contributed by atoms with E-state index in [-0.39, 0.29) is 21.6 Å². The van der Waals surface area contributed by atoms with Crippen LogP contribution in [-0.4, -0.2) is 15.9 Å². The van der Waals surface area contributed by atoms with Crippen LogP contribution in [0.3, 0.4) is 0 Å². The number of benzene rings is 1. The number of carbonyl (C=O) groups excluding carboxylic acids is 1. The predicted molar refractivity (Wildman–Crippen MR) is 75.9 cm³/mol. The number of carbonyl (C=O) groups is 1. The molecule has 1 aromatic carbocycles. The lowest BCUT2D eigenvalue weighted by molar-refractivity contribution is 0.102. The molecule has 0 unspecified atom stereocenters. The molecule has 2 rings (SSSR count). The predicted octanol–water partition coefficient (Wildman–Crippen LogP) is 3.27. The SMILES string of the molecule is Nc1cc(Cl)cc(C(=O)Nc2c(Cl)ncnc2Cl)c1. The summed E-state index contributed by atoms with van der Waals surface area (Å²) in [6, 6.07) is 4.48. The van der Waals surface area contributed by atoms with E-state index in [9.17, 15) is 4.79 Å². The molecule has 0 spiro atoms. The van der Waals surface area contributed by atoms with Gasteiger partial charge in [-0.1, -0.05) is 34.8 Å². The first-order valence-electron chi connectivity index (χ1n) is 5.01. The first kappa shape index (κ1) is 13.9. The van der Waals surface area contributed by atoms with Gasteiger partial charge in [-0.2, -0.15) is 0 Å². The molecule has 0 aliphatic heterocycles. The van der Waals surface area contributed by atoms with Crippen LogP contribution in [0.2, 0.25) is 15.3 Å². The Hall–Kier alpha value is -1.56. The van der Waals surface area contributed by atoms with Crippen LogP contribution in [0.5, 0.6) is 0 Å². The zero-order valence-electron chi connectivity index (χ0n) is 9.32. The third-order valence-electron chi connectivity index (χ3n) is 2.18. The van der Waals surface area contributed by atoms with Crippen LogP contribution in [-0.2, 0) is 0 Å². The Labute approximate surface area is 123 Å². The fourth-order valence-electron chi connectivity index (χ4n) is 1.38. The molecule has 19 heavy (non-hydrogen) atoms. The fraction of sp³-hybridized carbons (Fsp3) is 0. The molecule has 1 aromatic heterocycles. The molecule has 0 aliphatic rings. The third kappa shape index (κ3) is 3.26. The van der Waals surface area contributed by atoms with Gasteiger partial charge < -0.3 is 11.1 Å². The molecule has 8 heteroatoms. The lowest BCUT2D eigenvalue weighted by Crippen LogP contribution is -2.13. The van der Waals surface area contributed by atoms with Gasteiger partial charge in [0.1, 0.15) is 12.0 Å². The number of nitrogen functional groups attached to an aromatic ring is 1. The van der Waals surface area contributed by atoms with Crippen molar-refractivity contribution in [2.45, 2.75) is 0 Å². The average Bonchev–Trinajstić information content (AvgIpc) is 2.32. The highest BCUT2D eigenvalue weighted by Crippen LogP contribution is 2.26. The monoisotopic (exact) mass is 316 g/mol. The van der Waals surface area contributed by atoms with E-state index in [1.165, 1.54) is 24.5 Å². The summed E-state index contributed by atoms with van der Waals surface area (Å²) < 4.78 is 0. The number of hydrogen-bond acceptors (Lipinski definition) is 4. The molecule has 1 heterocycles. The van der Waals surface area contributed by atoms with Gasteiger partial charge >= 0.3 is 0 Å². The molecule has 0 fully saturated rings. The van der Waals surface area contributed by atoms with Crippen LogP contribution in [0.25, 0.3) is 0 Å². The number of nitrogens with one attached hydrogen (secondary N) is 1. The Kier molecular flexibility index (Phi) is 4.09. The smallest absolute Gasteiger partial charge is 0.255 e. The van der Waals surface area contributed by atoms with Gasteiger partial charge in [0.15, 0.2) is 10.3 Å². The summed E-state index contributed by atoms with van der Waals surface area (Å²) in [5, 5.41) is 2.95. The van der Waals surface area contributed by atoms with Gasteiger partial charge in [-0.15, -0.1) is 0 Å². The molecule has 98 valence electrons. The van der Waals surface area contributed by atoms with Crippen molar-refractivity contribution in [3.05, 3.63) is 45.4 Å². The Balaban J connectivity index is 2.31. The maximum absolute atomic E-state index is 12.0. The Morgan fingerprint density at radius 3 is 2.32 bits per heavy atom. The van der Waals surface area contributed by atoms with Gasteiger partial charge in [-0.25, -0.2) is 9.97 Å². The lowest BCUT2D eigenvalue weighted by Gasteiger charge is -2.08. The van der Waals surface area contributed by atoms with Gasteiger partial charge in [-0.05, 0) is 18.2 Å². The van der Waals surface area contributed by atoms with Crippen LogP contribution in [0.1, 0.15) is 10.4 Å². The fourth-order valence-corrected chi connectivity index (χ4v) is 2.03. The van der Waals surface area contributed by atoms with Crippen LogP contribution < -0.4 is 11.1 Å². The van der Waals surface area contributed by atoms with Crippen molar-refractivity contribution in [3.63, 3.8) is 0 Å². The van der Waals surface area contributed by atoms with Crippen molar-refractivity contribution in [3.8, 4) is 0 Å². The number of anilines is 2. The molecule has 3 N–H and O–H groups in total. The van der Waals surface area contributed by atoms with Crippen molar-refractivity contribution >= 4 is 52.1 Å². The number of amides is 1. The van der Waals surface area contributed by atoms with Gasteiger partial charge in [0.05, 0.1) is 0 Å². The second-order valence-corrected chi connectivity index (χ2v) is 4.71. The van der Waals surface area contributed by atoms with Crippen molar-refractivity contribution < 1.29 is 4.79 Å². The molecule has 0 bridgehead atoms. The summed E-state index contributed by atoms with van der Waals surface area (Å²) in [7, 11) is 0. The number of halogens is 3. The molecular formula is C11H7Cl3N4O. The third-order valence-corrected chi connectivity index (χ3v) is 2.97. The Morgan fingerprint density at radius 1 is 1.11 bits per heavy atom. The standard InChI is InChI=1S/C11H7Cl3N4O/c12-6-1-5(2-7(15)3-6)11(19)18-8-9(13)16-4-17-10(8)14/h1-4H,15H2,(H,18,19). The number of nitrogens with two attached hydrogens (primary N) is 1. The first-order valence-corrected chi connectivity index (χ1v) is 6.14. The zero-order valence-corrected chi connectivity index (χ0v) is 11.6. The highest BCUT2D eigenvalue weighted by atomic mass is 35.5. The highest BCUT2D eigenvalue weighted by Gasteiger charge is 2.14. The Morgan fingerprint density at radius 2 is 1.74 bits per heavy atom. The van der Waals surface area contributed by atoms with E-state index in [0.717, 1.165) is 0 Å². The summed E-state index contributed by atoms with van der Waals surface area (Å²) >= 11 is 17.5. The van der Waals surface area contributed by atoms with Crippen molar-refractivity contribution in [2.75, 3.05) is 11.1 Å². The van der Waals surface area contributed by atoms with E-state index >= 15 is 0 Å². The molecule has 2 aromatic rings. The van der Waals surface area contributed by atoms with E-state index in [2.05, 4.69) is 15.3 Å². The second-order valence-electron chi connectivity index (χ2n) is 3.56. The van der Waals surface area contributed by atoms with Crippen LogP contribution >= 0.6 is 34.8 Å². The van der Waals surface area contributed by atoms with Gasteiger partial charge in [0, 0.05) is 16.3 Å². The summed E-state index contributed by atoms with van der Waals surface area (Å²) in [6.45, 7) is 0. The average molecular weight is 318 g/mol. The summed E-state index contributed by atoms with van der Waals surface area (Å²) in [5.74, 6) is -0.465. The molecular weight excluding hydrogens is 311 g/mol. The summed E-state index contributed by atoms with van der Waals surface area (Å²) in [5.41, 5.74) is 6.40. The van der Waals surface area contributed by atoms with Crippen molar-refractivity contribution in [1.82, 2.24) is 9.97 Å². The molecule has 1 amide bonds. The molecule has 0 atom stereocenters.